The predicted molar refractivity (Wildman–Crippen MR) is 157 cm³/mol. The first kappa shape index (κ1) is 30.4. The molecule has 0 saturated heterocycles. The molecular formula is C32H31F2N3O4S. The summed E-state index contributed by atoms with van der Waals surface area (Å²) in [5.41, 5.74) is 0.984. The second-order valence-electron chi connectivity index (χ2n) is 9.52. The third-order valence-corrected chi connectivity index (χ3v) is 8.39. The number of nitrogens with zero attached hydrogens (tertiary/aromatic N) is 2. The van der Waals surface area contributed by atoms with Crippen LogP contribution in [0.3, 0.4) is 0 Å². The van der Waals surface area contributed by atoms with Crippen LogP contribution < -0.4 is 9.62 Å². The summed E-state index contributed by atoms with van der Waals surface area (Å²) in [5.74, 6) is -2.49. The fraction of sp³-hybridized carbons (Fsp3) is 0.188. The lowest BCUT2D eigenvalue weighted by Crippen LogP contribution is -2.53. The molecule has 218 valence electrons. The van der Waals surface area contributed by atoms with Crippen LogP contribution in [0.25, 0.3) is 0 Å². The highest BCUT2D eigenvalue weighted by atomic mass is 32.2. The van der Waals surface area contributed by atoms with Gasteiger partial charge in [0.05, 0.1) is 10.6 Å². The number of benzene rings is 4. The Labute approximate surface area is 244 Å². The van der Waals surface area contributed by atoms with Crippen LogP contribution in [0.5, 0.6) is 0 Å². The van der Waals surface area contributed by atoms with Crippen molar-refractivity contribution in [1.29, 1.82) is 0 Å². The number of carbonyl (C=O) groups excluding carboxylic acids is 2. The van der Waals surface area contributed by atoms with E-state index in [1.807, 2.05) is 30.3 Å². The minimum absolute atomic E-state index is 0.121. The fourth-order valence-corrected chi connectivity index (χ4v) is 5.96. The molecule has 0 saturated carbocycles. The van der Waals surface area contributed by atoms with Crippen LogP contribution in [0.2, 0.25) is 0 Å². The molecule has 4 aromatic rings. The first-order valence-electron chi connectivity index (χ1n) is 13.4. The Balaban J connectivity index is 1.79. The molecule has 0 unspecified atom stereocenters. The lowest BCUT2D eigenvalue weighted by Gasteiger charge is -2.33. The summed E-state index contributed by atoms with van der Waals surface area (Å²) >= 11 is 0. The van der Waals surface area contributed by atoms with Crippen molar-refractivity contribution in [3.05, 3.63) is 132 Å². The van der Waals surface area contributed by atoms with Gasteiger partial charge in [-0.1, -0.05) is 72.8 Å². The number of para-hydroxylation sites is 1. The molecule has 0 radical (unpaired) electrons. The molecule has 0 aromatic heterocycles. The minimum Gasteiger partial charge on any atom is -0.355 e. The van der Waals surface area contributed by atoms with Crippen LogP contribution in [-0.4, -0.2) is 44.3 Å². The number of hydrogen-bond donors (Lipinski definition) is 1. The largest absolute Gasteiger partial charge is 0.355 e. The smallest absolute Gasteiger partial charge is 0.264 e. The number of rotatable bonds is 12. The summed E-state index contributed by atoms with van der Waals surface area (Å²) in [6.07, 6.45) is 0.130. The van der Waals surface area contributed by atoms with Gasteiger partial charge in [0, 0.05) is 19.5 Å². The quantitative estimate of drug-likeness (QED) is 0.253. The van der Waals surface area contributed by atoms with E-state index >= 15 is 4.39 Å². The highest BCUT2D eigenvalue weighted by Crippen LogP contribution is 2.27. The van der Waals surface area contributed by atoms with Crippen LogP contribution in [-0.2, 0) is 32.6 Å². The van der Waals surface area contributed by atoms with Crippen molar-refractivity contribution < 1.29 is 26.8 Å². The van der Waals surface area contributed by atoms with E-state index in [1.165, 1.54) is 71.6 Å². The number of likely N-dealkylation sites (N-methyl/N-ethyl adjacent to an activating group) is 1. The molecule has 0 aliphatic carbocycles. The van der Waals surface area contributed by atoms with Gasteiger partial charge in [-0.3, -0.25) is 13.9 Å². The van der Waals surface area contributed by atoms with Crippen LogP contribution in [0.1, 0.15) is 18.1 Å². The molecule has 1 N–H and O–H groups in total. The molecule has 0 aliphatic rings. The van der Waals surface area contributed by atoms with E-state index in [-0.39, 0.29) is 23.5 Å². The number of anilines is 1. The van der Waals surface area contributed by atoms with E-state index in [1.54, 1.807) is 13.0 Å². The van der Waals surface area contributed by atoms with Crippen LogP contribution in [0.15, 0.2) is 114 Å². The molecule has 2 amide bonds. The van der Waals surface area contributed by atoms with E-state index in [0.29, 0.717) is 12.1 Å². The van der Waals surface area contributed by atoms with Gasteiger partial charge in [0.2, 0.25) is 11.8 Å². The van der Waals surface area contributed by atoms with Gasteiger partial charge in [0.15, 0.2) is 0 Å². The molecule has 0 spiro atoms. The van der Waals surface area contributed by atoms with Crippen molar-refractivity contribution in [3.63, 3.8) is 0 Å². The molecule has 0 bridgehead atoms. The molecular weight excluding hydrogens is 560 g/mol. The maximum absolute atomic E-state index is 15.1. The molecule has 1 atom stereocenters. The van der Waals surface area contributed by atoms with Crippen molar-refractivity contribution in [2.45, 2.75) is 30.8 Å². The zero-order valence-electron chi connectivity index (χ0n) is 23.0. The summed E-state index contributed by atoms with van der Waals surface area (Å²) in [6.45, 7) is 1.14. The van der Waals surface area contributed by atoms with Gasteiger partial charge >= 0.3 is 0 Å². The maximum Gasteiger partial charge on any atom is 0.264 e. The second-order valence-corrected chi connectivity index (χ2v) is 11.4. The van der Waals surface area contributed by atoms with Gasteiger partial charge in [-0.05, 0) is 54.4 Å². The van der Waals surface area contributed by atoms with Crippen LogP contribution in [0.4, 0.5) is 14.5 Å². The maximum atomic E-state index is 15.1. The topological polar surface area (TPSA) is 86.8 Å². The molecule has 42 heavy (non-hydrogen) atoms. The summed E-state index contributed by atoms with van der Waals surface area (Å²) in [7, 11) is -4.40. The Hall–Kier alpha value is -4.57. The van der Waals surface area contributed by atoms with Crippen molar-refractivity contribution in [1.82, 2.24) is 10.2 Å². The average molecular weight is 592 g/mol. The van der Waals surface area contributed by atoms with E-state index in [0.717, 1.165) is 15.9 Å². The van der Waals surface area contributed by atoms with Crippen molar-refractivity contribution >= 4 is 27.5 Å². The zero-order valence-corrected chi connectivity index (χ0v) is 23.8. The molecule has 4 aromatic carbocycles. The molecule has 0 heterocycles. The van der Waals surface area contributed by atoms with Gasteiger partial charge in [0.25, 0.3) is 10.0 Å². The number of amides is 2. The average Bonchev–Trinajstić information content (AvgIpc) is 3.00. The SMILES string of the molecule is CCNC(=O)[C@@H](Cc1ccccc1)N(Cc1ccc(F)cc1)C(=O)CN(c1ccccc1F)S(=O)(=O)c1ccccc1. The van der Waals surface area contributed by atoms with Gasteiger partial charge in [0.1, 0.15) is 24.2 Å². The summed E-state index contributed by atoms with van der Waals surface area (Å²) < 4.78 is 57.1. The molecule has 7 nitrogen and oxygen atoms in total. The normalized spacial score (nSPS) is 11.9. The van der Waals surface area contributed by atoms with Crippen LogP contribution >= 0.6 is 0 Å². The Morgan fingerprint density at radius 2 is 1.38 bits per heavy atom. The number of carbonyl (C=O) groups is 2. The third kappa shape index (κ3) is 7.38. The summed E-state index contributed by atoms with van der Waals surface area (Å²) in [6, 6.07) is 26.2. The van der Waals surface area contributed by atoms with E-state index in [9.17, 15) is 22.4 Å². The Bertz CT molecular complexity index is 1600. The Morgan fingerprint density at radius 1 is 0.786 bits per heavy atom. The number of halogens is 2. The highest BCUT2D eigenvalue weighted by Gasteiger charge is 2.35. The molecule has 10 heteroatoms. The van der Waals surface area contributed by atoms with Crippen molar-refractivity contribution in [2.75, 3.05) is 17.4 Å². The molecule has 0 fully saturated rings. The minimum atomic E-state index is -4.40. The van der Waals surface area contributed by atoms with Gasteiger partial charge in [-0.25, -0.2) is 17.2 Å². The fourth-order valence-electron chi connectivity index (χ4n) is 4.52. The first-order chi connectivity index (χ1) is 20.2. The third-order valence-electron chi connectivity index (χ3n) is 6.62. The van der Waals surface area contributed by atoms with E-state index in [2.05, 4.69) is 5.32 Å². The molecule has 0 aliphatic heterocycles. The predicted octanol–water partition coefficient (Wildman–Crippen LogP) is 4.94. The summed E-state index contributed by atoms with van der Waals surface area (Å²) in [5, 5.41) is 2.76. The Morgan fingerprint density at radius 3 is 2.00 bits per heavy atom. The van der Waals surface area contributed by atoms with E-state index in [4.69, 9.17) is 0 Å². The van der Waals surface area contributed by atoms with Crippen LogP contribution in [0, 0.1) is 11.6 Å². The van der Waals surface area contributed by atoms with Gasteiger partial charge < -0.3 is 10.2 Å². The van der Waals surface area contributed by atoms with E-state index < -0.39 is 46.1 Å². The monoisotopic (exact) mass is 591 g/mol. The number of nitrogens with one attached hydrogen (secondary N) is 1. The van der Waals surface area contributed by atoms with Gasteiger partial charge in [-0.2, -0.15) is 0 Å². The first-order valence-corrected chi connectivity index (χ1v) is 14.8. The van der Waals surface area contributed by atoms with Gasteiger partial charge in [-0.15, -0.1) is 0 Å². The zero-order chi connectivity index (χ0) is 30.1. The molecule has 4 rings (SSSR count). The summed E-state index contributed by atoms with van der Waals surface area (Å²) in [4.78, 5) is 28.7. The Kier molecular flexibility index (Phi) is 10.0. The standard InChI is InChI=1S/C32H31F2N3O4S/c1-2-35-32(39)30(21-24-11-5-3-6-12-24)36(22-25-17-19-26(33)20-18-25)31(38)23-37(29-16-10-9-15-28(29)34)42(40,41)27-13-7-4-8-14-27/h3-20,30H,2,21-23H2,1H3,(H,35,39)/t30-/m1/s1. The lowest BCUT2D eigenvalue weighted by molar-refractivity contribution is -0.140. The van der Waals surface area contributed by atoms with Crippen molar-refractivity contribution in [3.8, 4) is 0 Å². The second kappa shape index (κ2) is 13.9. The number of sulfonamides is 1. The highest BCUT2D eigenvalue weighted by molar-refractivity contribution is 7.92. The number of hydrogen-bond acceptors (Lipinski definition) is 4. The lowest BCUT2D eigenvalue weighted by atomic mass is 10.0. The van der Waals surface area contributed by atoms with Crippen molar-refractivity contribution in [2.24, 2.45) is 0 Å².